The smallest absolute Gasteiger partial charge is 0.335 e. The molecule has 2 aromatic heterocycles. The minimum absolute atomic E-state index is 0.0859. The number of rotatable bonds is 6. The molecular weight excluding hydrogens is 386 g/mol. The number of hydrogen-bond donors (Lipinski definition) is 3. The van der Waals surface area contributed by atoms with Crippen LogP contribution in [0.5, 0.6) is 0 Å². The van der Waals surface area contributed by atoms with Crippen molar-refractivity contribution in [1.29, 1.82) is 0 Å². The maximum absolute atomic E-state index is 12.5. The van der Waals surface area contributed by atoms with Crippen LogP contribution in [0.1, 0.15) is 35.8 Å². The van der Waals surface area contributed by atoms with E-state index in [0.29, 0.717) is 23.5 Å². The number of hydrogen-bond acceptors (Lipinski definition) is 6. The van der Waals surface area contributed by atoms with E-state index in [9.17, 15) is 14.4 Å². The van der Waals surface area contributed by atoms with Gasteiger partial charge in [0.05, 0.1) is 17.0 Å². The maximum atomic E-state index is 12.5. The fourth-order valence-corrected chi connectivity index (χ4v) is 3.42. The quantitative estimate of drug-likeness (QED) is 0.532. The molecule has 3 N–H and O–H groups in total. The number of fused-ring (bicyclic) bond motifs is 1. The molecule has 3 aromatic rings. The van der Waals surface area contributed by atoms with Crippen LogP contribution in [0.4, 0.5) is 5.95 Å². The van der Waals surface area contributed by atoms with Crippen LogP contribution in [0, 0.1) is 5.41 Å². The maximum Gasteiger partial charge on any atom is 0.335 e. The summed E-state index contributed by atoms with van der Waals surface area (Å²) < 4.78 is 1.51. The van der Waals surface area contributed by atoms with Crippen LogP contribution in [0.15, 0.2) is 47.4 Å². The lowest BCUT2D eigenvalue weighted by Crippen LogP contribution is -2.59. The van der Waals surface area contributed by atoms with Crippen molar-refractivity contribution < 1.29 is 14.7 Å². The monoisotopic (exact) mass is 407 g/mol. The number of nitrogens with one attached hydrogen (secondary N) is 2. The third kappa shape index (κ3) is 3.49. The summed E-state index contributed by atoms with van der Waals surface area (Å²) in [5.41, 5.74) is 0.661. The van der Waals surface area contributed by atoms with Gasteiger partial charge in [-0.25, -0.2) is 9.78 Å². The zero-order chi connectivity index (χ0) is 21.5. The topological polar surface area (TPSA) is 126 Å². The number of carboxylic acids is 1. The highest BCUT2D eigenvalue weighted by Crippen LogP contribution is 2.26. The Morgan fingerprint density at radius 1 is 1.27 bits per heavy atom. The fraction of sp³-hybridized carbons (Fsp3) is 0.286. The highest BCUT2D eigenvalue weighted by molar-refractivity contribution is 5.88. The SMILES string of the molecule is CC(Nc1ncc2ccc(=O)n(CC3(C)CNC3=O)c2n1)c1ccc(C(=O)O)cc1. The second kappa shape index (κ2) is 7.25. The van der Waals surface area contributed by atoms with E-state index in [4.69, 9.17) is 5.11 Å². The first kappa shape index (κ1) is 19.6. The van der Waals surface area contributed by atoms with Crippen molar-refractivity contribution in [1.82, 2.24) is 19.9 Å². The van der Waals surface area contributed by atoms with E-state index in [1.807, 2.05) is 13.8 Å². The molecule has 2 unspecified atom stereocenters. The van der Waals surface area contributed by atoms with Crippen LogP contribution in [-0.2, 0) is 11.3 Å². The fourth-order valence-electron chi connectivity index (χ4n) is 3.42. The van der Waals surface area contributed by atoms with Gasteiger partial charge in [-0.05, 0) is 37.6 Å². The van der Waals surface area contributed by atoms with E-state index < -0.39 is 11.4 Å². The number of carboxylic acid groups (broad SMARTS) is 1. The van der Waals surface area contributed by atoms with E-state index in [0.717, 1.165) is 5.56 Å². The van der Waals surface area contributed by atoms with Gasteiger partial charge in [-0.15, -0.1) is 0 Å². The average molecular weight is 407 g/mol. The lowest BCUT2D eigenvalue weighted by Gasteiger charge is -2.37. The molecule has 9 nitrogen and oxygen atoms in total. The minimum atomic E-state index is -0.980. The molecule has 0 bridgehead atoms. The zero-order valence-electron chi connectivity index (χ0n) is 16.5. The Balaban J connectivity index is 1.63. The van der Waals surface area contributed by atoms with Crippen LogP contribution >= 0.6 is 0 Å². The number of carbonyl (C=O) groups is 2. The molecule has 1 aromatic carbocycles. The second-order valence-corrected chi connectivity index (χ2v) is 7.77. The number of aromatic nitrogens is 3. The molecule has 1 fully saturated rings. The summed E-state index contributed by atoms with van der Waals surface area (Å²) in [5.74, 6) is -0.732. The molecule has 1 amide bonds. The Bertz CT molecular complexity index is 1200. The highest BCUT2D eigenvalue weighted by Gasteiger charge is 2.42. The summed E-state index contributed by atoms with van der Waals surface area (Å²) in [6.45, 7) is 4.47. The summed E-state index contributed by atoms with van der Waals surface area (Å²) in [4.78, 5) is 44.3. The van der Waals surface area contributed by atoms with Gasteiger partial charge in [0, 0.05) is 30.7 Å². The number of aromatic carboxylic acids is 1. The van der Waals surface area contributed by atoms with E-state index >= 15 is 0 Å². The Hall–Kier alpha value is -3.75. The van der Waals surface area contributed by atoms with Gasteiger partial charge in [0.25, 0.3) is 5.56 Å². The highest BCUT2D eigenvalue weighted by atomic mass is 16.4. The molecule has 0 saturated carbocycles. The number of pyridine rings is 1. The van der Waals surface area contributed by atoms with Crippen molar-refractivity contribution in [3.63, 3.8) is 0 Å². The molecule has 1 aliphatic heterocycles. The molecule has 2 atom stereocenters. The molecule has 0 radical (unpaired) electrons. The van der Waals surface area contributed by atoms with Gasteiger partial charge < -0.3 is 15.7 Å². The van der Waals surface area contributed by atoms with Gasteiger partial charge >= 0.3 is 5.97 Å². The van der Waals surface area contributed by atoms with Crippen molar-refractivity contribution in [2.24, 2.45) is 5.41 Å². The molecular formula is C21H21N5O4. The van der Waals surface area contributed by atoms with E-state index in [2.05, 4.69) is 20.6 Å². The summed E-state index contributed by atoms with van der Waals surface area (Å²) in [6.07, 6.45) is 1.63. The van der Waals surface area contributed by atoms with E-state index in [1.165, 1.54) is 10.6 Å². The Morgan fingerprint density at radius 2 is 2.00 bits per heavy atom. The molecule has 1 saturated heterocycles. The van der Waals surface area contributed by atoms with Crippen LogP contribution in [0.25, 0.3) is 11.0 Å². The lowest BCUT2D eigenvalue weighted by atomic mass is 9.83. The summed E-state index contributed by atoms with van der Waals surface area (Å²) in [7, 11) is 0. The van der Waals surface area contributed by atoms with Gasteiger partial charge in [0.15, 0.2) is 0 Å². The number of nitrogens with zero attached hydrogens (tertiary/aromatic N) is 3. The van der Waals surface area contributed by atoms with Gasteiger partial charge in [-0.1, -0.05) is 12.1 Å². The Kier molecular flexibility index (Phi) is 4.73. The normalized spacial score (nSPS) is 19.1. The summed E-state index contributed by atoms with van der Waals surface area (Å²) in [6, 6.07) is 9.46. The average Bonchev–Trinajstić information content (AvgIpc) is 2.74. The lowest BCUT2D eigenvalue weighted by molar-refractivity contribution is -0.139. The van der Waals surface area contributed by atoms with Crippen molar-refractivity contribution in [3.8, 4) is 0 Å². The Labute approximate surface area is 171 Å². The standard InChI is InChI=1S/C21H21N5O4/c1-12(13-3-5-14(6-4-13)18(28)29)24-20-22-9-15-7-8-16(27)26(17(15)25-20)11-21(2)10-23-19(21)30/h3-9,12H,10-11H2,1-2H3,(H,23,30)(H,28,29)(H,22,24,25). The van der Waals surface area contributed by atoms with Gasteiger partial charge in [0.2, 0.25) is 11.9 Å². The van der Waals surface area contributed by atoms with Crippen molar-refractivity contribution in [2.75, 3.05) is 11.9 Å². The van der Waals surface area contributed by atoms with Gasteiger partial charge in [0.1, 0.15) is 5.65 Å². The van der Waals surface area contributed by atoms with Crippen molar-refractivity contribution >= 4 is 28.9 Å². The number of anilines is 1. The largest absolute Gasteiger partial charge is 0.478 e. The van der Waals surface area contributed by atoms with Gasteiger partial charge in [-0.3, -0.25) is 14.2 Å². The molecule has 0 spiro atoms. The number of carbonyl (C=O) groups excluding carboxylic acids is 1. The molecule has 9 heteroatoms. The Morgan fingerprint density at radius 3 is 2.60 bits per heavy atom. The second-order valence-electron chi connectivity index (χ2n) is 7.77. The number of benzene rings is 1. The molecule has 4 rings (SSSR count). The minimum Gasteiger partial charge on any atom is -0.478 e. The first-order valence-corrected chi connectivity index (χ1v) is 9.51. The van der Waals surface area contributed by atoms with Crippen molar-refractivity contribution in [3.05, 3.63) is 64.1 Å². The van der Waals surface area contributed by atoms with Crippen LogP contribution < -0.4 is 16.2 Å². The van der Waals surface area contributed by atoms with Gasteiger partial charge in [-0.2, -0.15) is 4.98 Å². The first-order valence-electron chi connectivity index (χ1n) is 9.51. The summed E-state index contributed by atoms with van der Waals surface area (Å²) >= 11 is 0. The van der Waals surface area contributed by atoms with Crippen LogP contribution in [0.3, 0.4) is 0 Å². The molecule has 154 valence electrons. The van der Waals surface area contributed by atoms with E-state index in [-0.39, 0.29) is 29.6 Å². The van der Waals surface area contributed by atoms with Crippen molar-refractivity contribution in [2.45, 2.75) is 26.4 Å². The predicted octanol–water partition coefficient (Wildman–Crippen LogP) is 1.80. The van der Waals surface area contributed by atoms with Crippen LogP contribution in [-0.4, -0.2) is 38.1 Å². The third-order valence-electron chi connectivity index (χ3n) is 5.42. The molecule has 30 heavy (non-hydrogen) atoms. The molecule has 3 heterocycles. The van der Waals surface area contributed by atoms with Crippen LogP contribution in [0.2, 0.25) is 0 Å². The summed E-state index contributed by atoms with van der Waals surface area (Å²) in [5, 5.41) is 15.6. The number of β-lactam (4-membered cyclic amide) rings is 1. The van der Waals surface area contributed by atoms with E-state index in [1.54, 1.807) is 36.5 Å². The first-order chi connectivity index (χ1) is 14.3. The zero-order valence-corrected chi connectivity index (χ0v) is 16.5. The molecule has 1 aliphatic rings. The predicted molar refractivity (Wildman–Crippen MR) is 110 cm³/mol. The third-order valence-corrected chi connectivity index (χ3v) is 5.42. The number of amides is 1. The molecule has 0 aliphatic carbocycles.